The molecule has 166 valence electrons. The lowest BCUT2D eigenvalue weighted by Gasteiger charge is -2.26. The molecule has 3 aromatic rings. The van der Waals surface area contributed by atoms with Gasteiger partial charge in [-0.2, -0.15) is 0 Å². The van der Waals surface area contributed by atoms with Crippen LogP contribution in [0.1, 0.15) is 56.2 Å². The molecule has 5 nitrogen and oxygen atoms in total. The average Bonchev–Trinajstić information content (AvgIpc) is 3.47. The number of rotatable bonds is 5. The molecule has 32 heavy (non-hydrogen) atoms. The first-order valence-corrected chi connectivity index (χ1v) is 12.7. The van der Waals surface area contributed by atoms with Gasteiger partial charge < -0.3 is 10.2 Å². The monoisotopic (exact) mass is 446 g/mol. The summed E-state index contributed by atoms with van der Waals surface area (Å²) in [6, 6.07) is 16.2. The minimum absolute atomic E-state index is 0.109. The Morgan fingerprint density at radius 2 is 1.72 bits per heavy atom. The first-order valence-electron chi connectivity index (χ1n) is 11.8. The largest absolute Gasteiger partial charge is 0.355 e. The van der Waals surface area contributed by atoms with E-state index in [2.05, 4.69) is 37.9 Å². The van der Waals surface area contributed by atoms with E-state index in [-0.39, 0.29) is 5.91 Å². The summed E-state index contributed by atoms with van der Waals surface area (Å²) in [7, 11) is 0. The predicted octanol–water partition coefficient (Wildman–Crippen LogP) is 6.04. The molecule has 1 N–H and O–H groups in total. The molecule has 1 saturated carbocycles. The summed E-state index contributed by atoms with van der Waals surface area (Å²) in [6.45, 7) is 2.11. The molecule has 0 radical (unpaired) electrons. The molecule has 1 aliphatic carbocycles. The number of aromatic nitrogens is 2. The van der Waals surface area contributed by atoms with Crippen LogP contribution in [-0.2, 0) is 10.2 Å². The maximum Gasteiger partial charge on any atom is 0.235 e. The molecule has 1 aliphatic heterocycles. The van der Waals surface area contributed by atoms with Gasteiger partial charge in [-0.1, -0.05) is 43.9 Å². The fourth-order valence-electron chi connectivity index (χ4n) is 5.07. The summed E-state index contributed by atoms with van der Waals surface area (Å²) in [6.07, 6.45) is 9.08. The third-order valence-corrected chi connectivity index (χ3v) is 7.96. The molecule has 2 aromatic heterocycles. The second-order valence-electron chi connectivity index (χ2n) is 8.98. The highest BCUT2D eigenvalue weighted by atomic mass is 32.1. The van der Waals surface area contributed by atoms with E-state index in [1.807, 2.05) is 36.4 Å². The summed E-state index contributed by atoms with van der Waals surface area (Å²) in [5.74, 6) is 1.07. The van der Waals surface area contributed by atoms with Crippen LogP contribution in [0.3, 0.4) is 0 Å². The third kappa shape index (κ3) is 4.29. The van der Waals surface area contributed by atoms with E-state index in [0.29, 0.717) is 0 Å². The van der Waals surface area contributed by atoms with Crippen molar-refractivity contribution in [3.63, 3.8) is 0 Å². The van der Waals surface area contributed by atoms with Crippen molar-refractivity contribution in [2.75, 3.05) is 23.3 Å². The highest BCUT2D eigenvalue weighted by molar-refractivity contribution is 7.10. The van der Waals surface area contributed by atoms with Crippen molar-refractivity contribution in [1.29, 1.82) is 0 Å². The number of carbonyl (C=O) groups excluding carboxylic acids is 1. The van der Waals surface area contributed by atoms with Gasteiger partial charge in [0.15, 0.2) is 5.82 Å². The van der Waals surface area contributed by atoms with Crippen molar-refractivity contribution >= 4 is 28.7 Å². The Labute approximate surface area is 193 Å². The van der Waals surface area contributed by atoms with E-state index in [1.165, 1.54) is 30.6 Å². The van der Waals surface area contributed by atoms with Gasteiger partial charge in [-0.15, -0.1) is 21.5 Å². The van der Waals surface area contributed by atoms with Crippen LogP contribution in [0.2, 0.25) is 0 Å². The maximum atomic E-state index is 13.4. The Balaban J connectivity index is 1.33. The molecule has 3 heterocycles. The molecule has 2 fully saturated rings. The minimum Gasteiger partial charge on any atom is -0.355 e. The van der Waals surface area contributed by atoms with Crippen molar-refractivity contribution < 1.29 is 4.79 Å². The van der Waals surface area contributed by atoms with Crippen molar-refractivity contribution in [2.24, 2.45) is 0 Å². The van der Waals surface area contributed by atoms with Crippen molar-refractivity contribution in [3.05, 3.63) is 58.8 Å². The number of carbonyl (C=O) groups is 1. The van der Waals surface area contributed by atoms with Crippen LogP contribution in [0.15, 0.2) is 53.9 Å². The molecule has 6 heteroatoms. The molecule has 0 unspecified atom stereocenters. The first kappa shape index (κ1) is 21.1. The molecule has 0 bridgehead atoms. The zero-order valence-corrected chi connectivity index (χ0v) is 19.2. The molecule has 1 saturated heterocycles. The third-order valence-electron chi connectivity index (χ3n) is 6.88. The number of hydrogen-bond donors (Lipinski definition) is 1. The molecule has 0 spiro atoms. The number of hydrogen-bond acceptors (Lipinski definition) is 5. The first-order chi connectivity index (χ1) is 15.7. The average molecular weight is 447 g/mol. The van der Waals surface area contributed by atoms with Gasteiger partial charge in [0, 0.05) is 29.2 Å². The lowest BCUT2D eigenvalue weighted by Crippen LogP contribution is -2.37. The molecule has 1 amide bonds. The van der Waals surface area contributed by atoms with Gasteiger partial charge in [0.05, 0.1) is 11.1 Å². The highest BCUT2D eigenvalue weighted by Crippen LogP contribution is 2.44. The van der Waals surface area contributed by atoms with Crippen LogP contribution in [0.5, 0.6) is 0 Å². The lowest BCUT2D eigenvalue weighted by atomic mass is 9.83. The van der Waals surface area contributed by atoms with E-state index < -0.39 is 5.41 Å². The van der Waals surface area contributed by atoms with E-state index in [0.717, 1.165) is 61.5 Å². The summed E-state index contributed by atoms with van der Waals surface area (Å²) in [5, 5.41) is 14.3. The predicted molar refractivity (Wildman–Crippen MR) is 131 cm³/mol. The molecule has 1 aromatic carbocycles. The summed E-state index contributed by atoms with van der Waals surface area (Å²) < 4.78 is 0. The van der Waals surface area contributed by atoms with Gasteiger partial charge in [0.2, 0.25) is 5.91 Å². The summed E-state index contributed by atoms with van der Waals surface area (Å²) in [5.41, 5.74) is 2.22. The Morgan fingerprint density at radius 1 is 0.906 bits per heavy atom. The number of nitrogens with zero attached hydrogens (tertiary/aromatic N) is 3. The quantitative estimate of drug-likeness (QED) is 0.519. The molecular weight excluding hydrogens is 416 g/mol. The number of nitrogens with one attached hydrogen (secondary N) is 1. The van der Waals surface area contributed by atoms with Crippen molar-refractivity contribution in [3.8, 4) is 11.3 Å². The molecular formula is C26H30N4OS. The molecule has 2 aliphatic rings. The SMILES string of the molecule is O=C(Nc1cccc(-c2ccc(N3CCCCCC3)nn2)c1)C1(c2cccs2)CCCC1. The van der Waals surface area contributed by atoms with E-state index in [4.69, 9.17) is 0 Å². The van der Waals surface area contributed by atoms with Crippen LogP contribution < -0.4 is 10.2 Å². The maximum absolute atomic E-state index is 13.4. The Morgan fingerprint density at radius 3 is 2.41 bits per heavy atom. The fourth-order valence-corrected chi connectivity index (χ4v) is 6.05. The Bertz CT molecular complexity index is 1030. The van der Waals surface area contributed by atoms with Crippen LogP contribution >= 0.6 is 11.3 Å². The minimum atomic E-state index is -0.390. The van der Waals surface area contributed by atoms with Gasteiger partial charge in [-0.25, -0.2) is 0 Å². The Hall–Kier alpha value is -2.73. The zero-order valence-electron chi connectivity index (χ0n) is 18.4. The smallest absolute Gasteiger partial charge is 0.235 e. The number of benzene rings is 1. The van der Waals surface area contributed by atoms with Crippen LogP contribution in [0.4, 0.5) is 11.5 Å². The van der Waals surface area contributed by atoms with E-state index in [9.17, 15) is 4.79 Å². The summed E-state index contributed by atoms with van der Waals surface area (Å²) in [4.78, 5) is 16.9. The number of thiophene rings is 1. The normalized spacial score (nSPS) is 18.3. The van der Waals surface area contributed by atoms with Crippen molar-refractivity contribution in [2.45, 2.75) is 56.8 Å². The van der Waals surface area contributed by atoms with Crippen molar-refractivity contribution in [1.82, 2.24) is 10.2 Å². The Kier molecular flexibility index (Phi) is 6.21. The van der Waals surface area contributed by atoms with Crippen LogP contribution in [-0.4, -0.2) is 29.2 Å². The number of amides is 1. The van der Waals surface area contributed by atoms with Gasteiger partial charge in [-0.05, 0) is 61.4 Å². The second-order valence-corrected chi connectivity index (χ2v) is 9.93. The second kappa shape index (κ2) is 9.41. The lowest BCUT2D eigenvalue weighted by molar-refractivity contribution is -0.121. The fraction of sp³-hybridized carbons (Fsp3) is 0.423. The van der Waals surface area contributed by atoms with Gasteiger partial charge in [-0.3, -0.25) is 4.79 Å². The molecule has 0 atom stereocenters. The van der Waals surface area contributed by atoms with Crippen LogP contribution in [0.25, 0.3) is 11.3 Å². The topological polar surface area (TPSA) is 58.1 Å². The van der Waals surface area contributed by atoms with Crippen LogP contribution in [0, 0.1) is 0 Å². The zero-order chi connectivity index (χ0) is 21.8. The highest BCUT2D eigenvalue weighted by Gasteiger charge is 2.43. The van der Waals surface area contributed by atoms with E-state index >= 15 is 0 Å². The standard InChI is InChI=1S/C26H30N4OS/c31-25(26(14-3-4-15-26)23-11-8-18-32-23)27-21-10-7-9-20(19-21)22-12-13-24(29-28-22)30-16-5-1-2-6-17-30/h7-13,18-19H,1-6,14-17H2,(H,27,31). The van der Waals surface area contributed by atoms with Gasteiger partial charge in [0.1, 0.15) is 0 Å². The van der Waals surface area contributed by atoms with E-state index in [1.54, 1.807) is 11.3 Å². The number of anilines is 2. The van der Waals surface area contributed by atoms with Gasteiger partial charge >= 0.3 is 0 Å². The van der Waals surface area contributed by atoms with Gasteiger partial charge in [0.25, 0.3) is 0 Å². The summed E-state index contributed by atoms with van der Waals surface area (Å²) >= 11 is 1.69. The molecule has 5 rings (SSSR count).